The van der Waals surface area contributed by atoms with Crippen LogP contribution in [0.25, 0.3) is 10.8 Å². The number of thiophene rings is 1. The third-order valence-corrected chi connectivity index (χ3v) is 6.81. The Morgan fingerprint density at radius 2 is 2.04 bits per heavy atom. The van der Waals surface area contributed by atoms with Crippen LogP contribution in [0.1, 0.15) is 27.0 Å². The SMILES string of the molecule is O=C(c1nccc2ccccc12)N1CCSC(c2cccs2)CC1. The molecular weight excluding hydrogens is 336 g/mol. The lowest BCUT2D eigenvalue weighted by Crippen LogP contribution is -2.33. The molecule has 1 saturated heterocycles. The van der Waals surface area contributed by atoms with E-state index < -0.39 is 0 Å². The molecule has 0 spiro atoms. The predicted molar refractivity (Wildman–Crippen MR) is 102 cm³/mol. The van der Waals surface area contributed by atoms with Crippen LogP contribution in [0, 0.1) is 0 Å². The van der Waals surface area contributed by atoms with Crippen molar-refractivity contribution in [2.75, 3.05) is 18.8 Å². The number of nitrogens with zero attached hydrogens (tertiary/aromatic N) is 2. The van der Waals surface area contributed by atoms with Gasteiger partial charge in [-0.1, -0.05) is 30.3 Å². The maximum Gasteiger partial charge on any atom is 0.273 e. The molecule has 1 unspecified atom stereocenters. The van der Waals surface area contributed by atoms with Gasteiger partial charge in [-0.3, -0.25) is 9.78 Å². The monoisotopic (exact) mass is 354 g/mol. The van der Waals surface area contributed by atoms with Crippen LogP contribution in [-0.4, -0.2) is 34.6 Å². The second-order valence-electron chi connectivity index (χ2n) is 5.84. The van der Waals surface area contributed by atoms with Gasteiger partial charge >= 0.3 is 0 Å². The summed E-state index contributed by atoms with van der Waals surface area (Å²) in [4.78, 5) is 20.8. The van der Waals surface area contributed by atoms with Crippen LogP contribution in [-0.2, 0) is 0 Å². The van der Waals surface area contributed by atoms with Gasteiger partial charge in [0.25, 0.3) is 5.91 Å². The van der Waals surface area contributed by atoms with Gasteiger partial charge in [-0.2, -0.15) is 11.8 Å². The summed E-state index contributed by atoms with van der Waals surface area (Å²) in [7, 11) is 0. The topological polar surface area (TPSA) is 33.2 Å². The summed E-state index contributed by atoms with van der Waals surface area (Å²) in [5, 5.41) is 4.64. The molecule has 1 aromatic carbocycles. The summed E-state index contributed by atoms with van der Waals surface area (Å²) in [6, 6.07) is 14.2. The predicted octanol–water partition coefficient (Wildman–Crippen LogP) is 4.62. The lowest BCUT2D eigenvalue weighted by atomic mass is 10.1. The number of amides is 1. The standard InChI is InChI=1S/C19H18N2OS2/c22-19(18-15-5-2-1-4-14(15)7-9-20-18)21-10-8-17(24-13-11-21)16-6-3-12-23-16/h1-7,9,12,17H,8,10-11,13H2. The Kier molecular flexibility index (Phi) is 4.54. The Bertz CT molecular complexity index is 842. The van der Waals surface area contributed by atoms with Crippen molar-refractivity contribution in [1.29, 1.82) is 0 Å². The Hall–Kier alpha value is -1.85. The highest BCUT2D eigenvalue weighted by atomic mass is 32.2. The lowest BCUT2D eigenvalue weighted by Gasteiger charge is -2.20. The van der Waals surface area contributed by atoms with Crippen LogP contribution in [0.3, 0.4) is 0 Å². The van der Waals surface area contributed by atoms with E-state index in [9.17, 15) is 4.79 Å². The molecule has 1 fully saturated rings. The highest BCUT2D eigenvalue weighted by Crippen LogP contribution is 2.37. The third kappa shape index (κ3) is 3.06. The van der Waals surface area contributed by atoms with Crippen LogP contribution in [0.4, 0.5) is 0 Å². The minimum absolute atomic E-state index is 0.0548. The second-order valence-corrected chi connectivity index (χ2v) is 8.13. The van der Waals surface area contributed by atoms with Gasteiger partial charge < -0.3 is 4.90 Å². The van der Waals surface area contributed by atoms with Crippen LogP contribution < -0.4 is 0 Å². The molecule has 2 aromatic heterocycles. The van der Waals surface area contributed by atoms with E-state index in [0.29, 0.717) is 10.9 Å². The fraction of sp³-hybridized carbons (Fsp3) is 0.263. The van der Waals surface area contributed by atoms with E-state index in [2.05, 4.69) is 22.5 Å². The summed E-state index contributed by atoms with van der Waals surface area (Å²) < 4.78 is 0. The number of hydrogen-bond acceptors (Lipinski definition) is 4. The molecule has 24 heavy (non-hydrogen) atoms. The molecule has 0 radical (unpaired) electrons. The first-order chi connectivity index (χ1) is 11.8. The average molecular weight is 355 g/mol. The number of aromatic nitrogens is 1. The number of carbonyl (C=O) groups excluding carboxylic acids is 1. The number of rotatable bonds is 2. The second kappa shape index (κ2) is 6.95. The van der Waals surface area contributed by atoms with Crippen molar-refractivity contribution >= 4 is 39.8 Å². The summed E-state index contributed by atoms with van der Waals surface area (Å²) >= 11 is 3.77. The summed E-state index contributed by atoms with van der Waals surface area (Å²) in [5.41, 5.74) is 0.577. The first-order valence-electron chi connectivity index (χ1n) is 8.11. The molecule has 0 bridgehead atoms. The van der Waals surface area contributed by atoms with E-state index in [0.717, 1.165) is 36.0 Å². The third-order valence-electron chi connectivity index (χ3n) is 4.37. The first kappa shape index (κ1) is 15.7. The zero-order valence-electron chi connectivity index (χ0n) is 13.2. The molecule has 0 saturated carbocycles. The van der Waals surface area contributed by atoms with Gasteiger partial charge in [0.05, 0.1) is 0 Å². The number of hydrogen-bond donors (Lipinski definition) is 0. The summed E-state index contributed by atoms with van der Waals surface area (Å²) in [6.45, 7) is 1.58. The number of carbonyl (C=O) groups is 1. The van der Waals surface area contributed by atoms with Crippen LogP contribution >= 0.6 is 23.1 Å². The van der Waals surface area contributed by atoms with Crippen LogP contribution in [0.15, 0.2) is 54.0 Å². The number of fused-ring (bicyclic) bond motifs is 1. The molecule has 3 aromatic rings. The Morgan fingerprint density at radius 1 is 1.12 bits per heavy atom. The maximum atomic E-state index is 13.0. The highest BCUT2D eigenvalue weighted by molar-refractivity contribution is 7.99. The Labute approximate surface area is 149 Å². The average Bonchev–Trinajstić information content (AvgIpc) is 3.05. The van der Waals surface area contributed by atoms with Gasteiger partial charge in [-0.05, 0) is 29.3 Å². The molecule has 0 N–H and O–H groups in total. The number of pyridine rings is 1. The molecule has 1 aliphatic heterocycles. The summed E-state index contributed by atoms with van der Waals surface area (Å²) in [5.74, 6) is 1.03. The van der Waals surface area contributed by atoms with Crippen molar-refractivity contribution in [2.24, 2.45) is 0 Å². The van der Waals surface area contributed by atoms with E-state index in [1.807, 2.05) is 58.3 Å². The van der Waals surface area contributed by atoms with Crippen molar-refractivity contribution in [1.82, 2.24) is 9.88 Å². The molecule has 122 valence electrons. The molecule has 5 heteroatoms. The van der Waals surface area contributed by atoms with Gasteiger partial charge in [0.2, 0.25) is 0 Å². The fourth-order valence-electron chi connectivity index (χ4n) is 3.12. The molecule has 1 atom stereocenters. The molecular formula is C19H18N2OS2. The van der Waals surface area contributed by atoms with Crippen molar-refractivity contribution in [2.45, 2.75) is 11.7 Å². The van der Waals surface area contributed by atoms with E-state index >= 15 is 0 Å². The Morgan fingerprint density at radius 3 is 2.92 bits per heavy atom. The van der Waals surface area contributed by atoms with Crippen molar-refractivity contribution < 1.29 is 4.79 Å². The van der Waals surface area contributed by atoms with Crippen molar-refractivity contribution in [3.63, 3.8) is 0 Å². The minimum atomic E-state index is 0.0548. The highest BCUT2D eigenvalue weighted by Gasteiger charge is 2.24. The molecule has 0 aliphatic carbocycles. The minimum Gasteiger partial charge on any atom is -0.336 e. The van der Waals surface area contributed by atoms with E-state index in [-0.39, 0.29) is 5.91 Å². The van der Waals surface area contributed by atoms with Gasteiger partial charge in [-0.25, -0.2) is 0 Å². The molecule has 4 rings (SSSR count). The quantitative estimate of drug-likeness (QED) is 0.673. The molecule has 3 heterocycles. The van der Waals surface area contributed by atoms with Crippen LogP contribution in [0.2, 0.25) is 0 Å². The molecule has 1 amide bonds. The first-order valence-corrected chi connectivity index (χ1v) is 10.0. The van der Waals surface area contributed by atoms with Gasteiger partial charge in [0, 0.05) is 40.6 Å². The molecule has 1 aliphatic rings. The number of thioether (sulfide) groups is 1. The largest absolute Gasteiger partial charge is 0.336 e. The summed E-state index contributed by atoms with van der Waals surface area (Å²) in [6.07, 6.45) is 2.73. The van der Waals surface area contributed by atoms with E-state index in [1.165, 1.54) is 4.88 Å². The Balaban J connectivity index is 1.56. The van der Waals surface area contributed by atoms with Crippen molar-refractivity contribution in [3.8, 4) is 0 Å². The van der Waals surface area contributed by atoms with Gasteiger partial charge in [-0.15, -0.1) is 11.3 Å². The number of benzene rings is 1. The normalized spacial score (nSPS) is 18.5. The van der Waals surface area contributed by atoms with Gasteiger partial charge in [0.15, 0.2) is 0 Å². The smallest absolute Gasteiger partial charge is 0.273 e. The lowest BCUT2D eigenvalue weighted by molar-refractivity contribution is 0.0763. The van der Waals surface area contributed by atoms with E-state index in [1.54, 1.807) is 6.20 Å². The fourth-order valence-corrected chi connectivity index (χ4v) is 5.35. The van der Waals surface area contributed by atoms with Gasteiger partial charge in [0.1, 0.15) is 5.69 Å². The zero-order chi connectivity index (χ0) is 16.4. The molecule has 3 nitrogen and oxygen atoms in total. The zero-order valence-corrected chi connectivity index (χ0v) is 14.9. The van der Waals surface area contributed by atoms with Crippen molar-refractivity contribution in [3.05, 3.63) is 64.6 Å². The maximum absolute atomic E-state index is 13.0. The van der Waals surface area contributed by atoms with Crippen LogP contribution in [0.5, 0.6) is 0 Å². The van der Waals surface area contributed by atoms with E-state index in [4.69, 9.17) is 0 Å².